The van der Waals surface area contributed by atoms with E-state index in [-0.39, 0.29) is 36.1 Å². The molecule has 2 heterocycles. The molecule has 0 aromatic carbocycles. The number of H-pyrrole nitrogens is 1. The monoisotopic (exact) mass is 265 g/mol. The fraction of sp³-hybridized carbons (Fsp3) is 0.538. The lowest BCUT2D eigenvalue weighted by atomic mass is 10.2. The number of aliphatic hydroxyl groups is 1. The predicted octanol–water partition coefficient (Wildman–Crippen LogP) is -0.439. The zero-order valence-electron chi connectivity index (χ0n) is 10.8. The van der Waals surface area contributed by atoms with E-state index in [4.69, 9.17) is 5.11 Å². The normalized spacial score (nSPS) is 18.5. The third-order valence-corrected chi connectivity index (χ3v) is 3.31. The number of pyridine rings is 1. The van der Waals surface area contributed by atoms with E-state index < -0.39 is 0 Å². The second-order valence-electron chi connectivity index (χ2n) is 4.69. The minimum atomic E-state index is -0.329. The first-order valence-electron chi connectivity index (χ1n) is 6.53. The number of aliphatic hydroxyl groups excluding tert-OH is 1. The first-order chi connectivity index (χ1) is 9.22. The number of nitrogens with one attached hydrogen (secondary N) is 2. The molecular formula is C13H19N3O3. The molecule has 1 aromatic heterocycles. The minimum Gasteiger partial charge on any atom is -0.395 e. The van der Waals surface area contributed by atoms with Crippen molar-refractivity contribution < 1.29 is 9.90 Å². The largest absolute Gasteiger partial charge is 0.395 e. The highest BCUT2D eigenvalue weighted by Crippen LogP contribution is 2.08. The quantitative estimate of drug-likeness (QED) is 0.674. The number of aromatic amines is 1. The Kier molecular flexibility index (Phi) is 4.70. The van der Waals surface area contributed by atoms with Crippen LogP contribution in [0.2, 0.25) is 0 Å². The third-order valence-electron chi connectivity index (χ3n) is 3.31. The van der Waals surface area contributed by atoms with Crippen LogP contribution in [0.5, 0.6) is 0 Å². The molecule has 0 aliphatic carbocycles. The van der Waals surface area contributed by atoms with Crippen molar-refractivity contribution in [2.75, 3.05) is 26.2 Å². The fourth-order valence-corrected chi connectivity index (χ4v) is 2.33. The van der Waals surface area contributed by atoms with Gasteiger partial charge in [-0.05, 0) is 19.4 Å². The number of carbonyl (C=O) groups is 1. The van der Waals surface area contributed by atoms with Crippen molar-refractivity contribution in [1.82, 2.24) is 15.2 Å². The summed E-state index contributed by atoms with van der Waals surface area (Å²) in [5.41, 5.74) is -0.181. The molecule has 19 heavy (non-hydrogen) atoms. The van der Waals surface area contributed by atoms with Gasteiger partial charge in [-0.1, -0.05) is 0 Å². The van der Waals surface area contributed by atoms with Gasteiger partial charge >= 0.3 is 0 Å². The summed E-state index contributed by atoms with van der Waals surface area (Å²) in [6, 6.07) is 1.58. The van der Waals surface area contributed by atoms with Crippen LogP contribution in [-0.2, 0) is 0 Å². The molecule has 1 unspecified atom stereocenters. The first kappa shape index (κ1) is 13.8. The van der Waals surface area contributed by atoms with Crippen molar-refractivity contribution in [3.05, 3.63) is 34.2 Å². The maximum atomic E-state index is 12.3. The van der Waals surface area contributed by atoms with E-state index in [1.807, 2.05) is 0 Å². The van der Waals surface area contributed by atoms with Crippen molar-refractivity contribution in [3.8, 4) is 0 Å². The number of hydrogen-bond donors (Lipinski definition) is 3. The van der Waals surface area contributed by atoms with Crippen LogP contribution in [0.1, 0.15) is 23.2 Å². The summed E-state index contributed by atoms with van der Waals surface area (Å²) >= 11 is 0. The maximum Gasteiger partial charge on any atom is 0.259 e. The molecule has 3 N–H and O–H groups in total. The van der Waals surface area contributed by atoms with Crippen LogP contribution in [0.3, 0.4) is 0 Å². The molecule has 0 saturated carbocycles. The Balaban J connectivity index is 2.11. The van der Waals surface area contributed by atoms with E-state index in [2.05, 4.69) is 10.3 Å². The number of carbonyl (C=O) groups excluding carboxylic acids is 1. The van der Waals surface area contributed by atoms with Crippen molar-refractivity contribution in [3.63, 3.8) is 0 Å². The molecule has 0 spiro atoms. The van der Waals surface area contributed by atoms with Gasteiger partial charge in [0.1, 0.15) is 5.56 Å². The highest BCUT2D eigenvalue weighted by atomic mass is 16.3. The second kappa shape index (κ2) is 6.49. The molecule has 1 aliphatic rings. The van der Waals surface area contributed by atoms with E-state index in [9.17, 15) is 9.59 Å². The Labute approximate surface area is 111 Å². The van der Waals surface area contributed by atoms with E-state index in [0.29, 0.717) is 6.54 Å². The van der Waals surface area contributed by atoms with Crippen LogP contribution >= 0.6 is 0 Å². The van der Waals surface area contributed by atoms with Crippen LogP contribution in [0, 0.1) is 0 Å². The van der Waals surface area contributed by atoms with Crippen LogP contribution in [0.25, 0.3) is 0 Å². The minimum absolute atomic E-state index is 0.108. The lowest BCUT2D eigenvalue weighted by Crippen LogP contribution is -2.43. The van der Waals surface area contributed by atoms with Gasteiger partial charge in [-0.3, -0.25) is 9.59 Å². The van der Waals surface area contributed by atoms with Gasteiger partial charge in [-0.15, -0.1) is 0 Å². The van der Waals surface area contributed by atoms with Gasteiger partial charge in [-0.2, -0.15) is 0 Å². The summed E-state index contributed by atoms with van der Waals surface area (Å²) in [5, 5.41) is 12.4. The van der Waals surface area contributed by atoms with Gasteiger partial charge in [0.25, 0.3) is 5.91 Å². The molecule has 1 atom stereocenters. The topological polar surface area (TPSA) is 85.4 Å². The summed E-state index contributed by atoms with van der Waals surface area (Å²) in [6.07, 6.45) is 5.02. The van der Waals surface area contributed by atoms with Gasteiger partial charge in [0.15, 0.2) is 5.43 Å². The molecule has 1 aliphatic heterocycles. The van der Waals surface area contributed by atoms with Crippen molar-refractivity contribution >= 4 is 5.91 Å². The number of amides is 1. The Bertz CT molecular complexity index is 480. The lowest BCUT2D eigenvalue weighted by Gasteiger charge is -2.25. The van der Waals surface area contributed by atoms with E-state index in [0.717, 1.165) is 19.4 Å². The molecular weight excluding hydrogens is 246 g/mol. The molecule has 104 valence electrons. The first-order valence-corrected chi connectivity index (χ1v) is 6.53. The number of aromatic nitrogens is 1. The average Bonchev–Trinajstić information content (AvgIpc) is 2.91. The molecule has 0 bridgehead atoms. The Hall–Kier alpha value is -1.66. The van der Waals surface area contributed by atoms with Crippen LogP contribution in [0.4, 0.5) is 0 Å². The molecule has 1 saturated heterocycles. The average molecular weight is 265 g/mol. The summed E-state index contributed by atoms with van der Waals surface area (Å²) in [5.74, 6) is -0.329. The van der Waals surface area contributed by atoms with E-state index in [1.54, 1.807) is 0 Å². The van der Waals surface area contributed by atoms with E-state index in [1.165, 1.54) is 23.4 Å². The Morgan fingerprint density at radius 2 is 2.37 bits per heavy atom. The zero-order chi connectivity index (χ0) is 13.7. The number of rotatable bonds is 5. The summed E-state index contributed by atoms with van der Waals surface area (Å²) in [7, 11) is 0. The van der Waals surface area contributed by atoms with Crippen LogP contribution in [0.15, 0.2) is 23.3 Å². The van der Waals surface area contributed by atoms with Crippen LogP contribution in [-0.4, -0.2) is 53.2 Å². The molecule has 1 fully saturated rings. The van der Waals surface area contributed by atoms with Crippen molar-refractivity contribution in [1.29, 1.82) is 0 Å². The number of hydrogen-bond acceptors (Lipinski definition) is 4. The van der Waals surface area contributed by atoms with Gasteiger partial charge in [0, 0.05) is 37.6 Å². The fourth-order valence-electron chi connectivity index (χ4n) is 2.33. The van der Waals surface area contributed by atoms with Gasteiger partial charge in [0.2, 0.25) is 0 Å². The smallest absolute Gasteiger partial charge is 0.259 e. The Morgan fingerprint density at radius 1 is 1.53 bits per heavy atom. The van der Waals surface area contributed by atoms with Crippen molar-refractivity contribution in [2.45, 2.75) is 18.9 Å². The second-order valence-corrected chi connectivity index (χ2v) is 4.69. The summed E-state index contributed by atoms with van der Waals surface area (Å²) < 4.78 is 0. The molecule has 0 radical (unpaired) electrons. The van der Waals surface area contributed by atoms with E-state index >= 15 is 0 Å². The number of nitrogens with zero attached hydrogens (tertiary/aromatic N) is 1. The Morgan fingerprint density at radius 3 is 3.00 bits per heavy atom. The molecule has 6 nitrogen and oxygen atoms in total. The standard InChI is InChI=1S/C13H19N3O3/c17-7-6-16(9-10-2-1-4-15-10)13(19)11-8-14-5-3-12(11)18/h3,5,8,10,15,17H,1-2,4,6-7,9H2,(H,14,18). The molecule has 1 aromatic rings. The lowest BCUT2D eigenvalue weighted by molar-refractivity contribution is 0.0705. The predicted molar refractivity (Wildman–Crippen MR) is 71.1 cm³/mol. The van der Waals surface area contributed by atoms with Gasteiger partial charge in [-0.25, -0.2) is 0 Å². The highest BCUT2D eigenvalue weighted by molar-refractivity contribution is 5.93. The van der Waals surface area contributed by atoms with Crippen LogP contribution < -0.4 is 10.7 Å². The molecule has 6 heteroatoms. The SMILES string of the molecule is O=C(c1c[nH]ccc1=O)N(CCO)CC1CCCN1. The summed E-state index contributed by atoms with van der Waals surface area (Å²) in [6.45, 7) is 1.61. The maximum absolute atomic E-state index is 12.3. The molecule has 1 amide bonds. The molecule has 2 rings (SSSR count). The highest BCUT2D eigenvalue weighted by Gasteiger charge is 2.23. The summed E-state index contributed by atoms with van der Waals surface area (Å²) in [4.78, 5) is 28.3. The third kappa shape index (κ3) is 3.42. The van der Waals surface area contributed by atoms with Gasteiger partial charge < -0.3 is 20.3 Å². The van der Waals surface area contributed by atoms with Gasteiger partial charge in [0.05, 0.1) is 6.61 Å². The zero-order valence-corrected chi connectivity index (χ0v) is 10.8. The van der Waals surface area contributed by atoms with Crippen molar-refractivity contribution in [2.24, 2.45) is 0 Å².